The summed E-state index contributed by atoms with van der Waals surface area (Å²) in [6.07, 6.45) is 1.49. The normalized spacial score (nSPS) is 11.5. The van der Waals surface area contributed by atoms with Gasteiger partial charge in [0.2, 0.25) is 0 Å². The summed E-state index contributed by atoms with van der Waals surface area (Å²) in [5, 5.41) is 4.67. The summed E-state index contributed by atoms with van der Waals surface area (Å²) in [5.41, 5.74) is 1.89. The lowest BCUT2D eigenvalue weighted by atomic mass is 10.2. The lowest BCUT2D eigenvalue weighted by Gasteiger charge is -2.26. The Bertz CT molecular complexity index is 799. The minimum absolute atomic E-state index is 0.141. The van der Waals surface area contributed by atoms with Gasteiger partial charge in [0.15, 0.2) is 0 Å². The van der Waals surface area contributed by atoms with Crippen molar-refractivity contribution >= 4 is 29.4 Å². The summed E-state index contributed by atoms with van der Waals surface area (Å²) in [5.74, 6) is 0. The van der Waals surface area contributed by atoms with Crippen molar-refractivity contribution in [1.82, 2.24) is 5.01 Å². The van der Waals surface area contributed by atoms with E-state index in [9.17, 15) is 8.78 Å². The van der Waals surface area contributed by atoms with Gasteiger partial charge >= 0.3 is 0 Å². The monoisotopic (exact) mass is 403 g/mol. The quantitative estimate of drug-likeness (QED) is 0.325. The molecule has 0 aliphatic rings. The smallest absolute Gasteiger partial charge is 0.279 e. The fourth-order valence-corrected chi connectivity index (χ4v) is 3.72. The Balaban J connectivity index is 2.18. The Morgan fingerprint density at radius 3 is 2.54 bits per heavy atom. The van der Waals surface area contributed by atoms with Crippen LogP contribution in [-0.2, 0) is 6.42 Å². The Morgan fingerprint density at radius 2 is 1.93 bits per heavy atom. The fraction of sp³-hybridized carbons (Fsp3) is 0.318. The van der Waals surface area contributed by atoms with Crippen LogP contribution in [0.5, 0.6) is 0 Å². The van der Waals surface area contributed by atoms with E-state index in [0.717, 1.165) is 45.5 Å². The number of alkyl halides is 2. The van der Waals surface area contributed by atoms with Crippen LogP contribution in [0.2, 0.25) is 0 Å². The number of anilines is 1. The summed E-state index contributed by atoms with van der Waals surface area (Å²) < 4.78 is 26.3. The number of hydrogen-bond acceptors (Lipinski definition) is 4. The average Bonchev–Trinajstić information content (AvgIpc) is 3.17. The van der Waals surface area contributed by atoms with Crippen molar-refractivity contribution in [2.75, 3.05) is 18.5 Å². The Labute approximate surface area is 170 Å². The van der Waals surface area contributed by atoms with E-state index < -0.39 is 6.43 Å². The maximum atomic E-state index is 13.2. The summed E-state index contributed by atoms with van der Waals surface area (Å²) in [4.78, 5) is 4.25. The van der Waals surface area contributed by atoms with Crippen LogP contribution in [0.1, 0.15) is 29.5 Å². The molecule has 0 unspecified atom stereocenters. The fourth-order valence-electron chi connectivity index (χ4n) is 2.77. The van der Waals surface area contributed by atoms with Crippen molar-refractivity contribution in [3.8, 4) is 0 Å². The second kappa shape index (κ2) is 10.8. The number of thiophene rings is 1. The summed E-state index contributed by atoms with van der Waals surface area (Å²) >= 11 is 1.58. The number of nitrogens with zero attached hydrogens (tertiary/aromatic N) is 3. The van der Waals surface area contributed by atoms with Gasteiger partial charge in [-0.15, -0.1) is 11.3 Å². The standard InChI is InChI=1S/C22H27F2N3S/c1-5-6-16-27(18-10-8-7-9-11-18)17(2)21-15-13-19(28-21)12-14-20(22(23)24)26(4)25-3/h7-11,13-15,22H,2-3,5-6,12,16H2,1,4H3/b20-14-. The Hall–Kier alpha value is -2.47. The molecule has 0 bridgehead atoms. The minimum Gasteiger partial charge on any atom is -0.341 e. The third-order valence-electron chi connectivity index (χ3n) is 4.40. The van der Waals surface area contributed by atoms with Crippen LogP contribution < -0.4 is 4.90 Å². The molecule has 3 nitrogen and oxygen atoms in total. The minimum atomic E-state index is -2.59. The Morgan fingerprint density at radius 1 is 1.21 bits per heavy atom. The molecule has 28 heavy (non-hydrogen) atoms. The topological polar surface area (TPSA) is 18.8 Å². The SMILES string of the molecule is C=NN(C)/C(=C\Cc1ccc(C(=C)N(CCCC)c2ccccc2)s1)C(F)F. The number of allylic oxidation sites excluding steroid dienone is 2. The molecule has 1 aromatic heterocycles. The first kappa shape index (κ1) is 21.8. The van der Waals surface area contributed by atoms with E-state index in [1.165, 1.54) is 13.1 Å². The lowest BCUT2D eigenvalue weighted by molar-refractivity contribution is 0.150. The van der Waals surface area contributed by atoms with E-state index in [-0.39, 0.29) is 5.70 Å². The number of hydrogen-bond donors (Lipinski definition) is 0. The zero-order chi connectivity index (χ0) is 20.5. The third-order valence-corrected chi connectivity index (χ3v) is 5.55. The van der Waals surface area contributed by atoms with Crippen LogP contribution in [0, 0.1) is 0 Å². The molecule has 0 aliphatic carbocycles. The molecule has 0 saturated heterocycles. The molecule has 0 fully saturated rings. The van der Waals surface area contributed by atoms with Gasteiger partial charge in [-0.1, -0.05) is 44.2 Å². The number of rotatable bonds is 11. The van der Waals surface area contributed by atoms with Crippen LogP contribution >= 0.6 is 11.3 Å². The molecule has 6 heteroatoms. The van der Waals surface area contributed by atoms with Crippen molar-refractivity contribution < 1.29 is 8.78 Å². The van der Waals surface area contributed by atoms with Gasteiger partial charge in [-0.3, -0.25) is 5.01 Å². The number of para-hydroxylation sites is 1. The number of hydrazone groups is 1. The van der Waals surface area contributed by atoms with E-state index in [1.54, 1.807) is 11.3 Å². The van der Waals surface area contributed by atoms with Gasteiger partial charge in [0.05, 0.1) is 16.3 Å². The van der Waals surface area contributed by atoms with E-state index >= 15 is 0 Å². The number of benzene rings is 1. The first-order chi connectivity index (χ1) is 13.5. The molecule has 2 aromatic rings. The Kier molecular flexibility index (Phi) is 8.39. The maximum absolute atomic E-state index is 13.2. The molecule has 0 spiro atoms. The molecular formula is C22H27F2N3S. The highest BCUT2D eigenvalue weighted by atomic mass is 32.1. The van der Waals surface area contributed by atoms with Gasteiger partial charge in [-0.2, -0.15) is 5.10 Å². The van der Waals surface area contributed by atoms with Crippen molar-refractivity contribution in [1.29, 1.82) is 0 Å². The van der Waals surface area contributed by atoms with Crippen LogP contribution in [0.15, 0.2) is 65.9 Å². The van der Waals surface area contributed by atoms with Crippen LogP contribution in [-0.4, -0.2) is 31.7 Å². The van der Waals surface area contributed by atoms with Crippen molar-refractivity contribution in [3.63, 3.8) is 0 Å². The molecule has 0 aliphatic heterocycles. The molecule has 1 heterocycles. The molecule has 0 atom stereocenters. The zero-order valence-corrected chi connectivity index (χ0v) is 17.3. The highest BCUT2D eigenvalue weighted by Gasteiger charge is 2.16. The van der Waals surface area contributed by atoms with E-state index in [2.05, 4.69) is 42.4 Å². The molecule has 150 valence electrons. The average molecular weight is 404 g/mol. The maximum Gasteiger partial charge on any atom is 0.279 e. The largest absolute Gasteiger partial charge is 0.341 e. The van der Waals surface area contributed by atoms with Crippen molar-refractivity contribution in [2.45, 2.75) is 32.6 Å². The van der Waals surface area contributed by atoms with Crippen LogP contribution in [0.3, 0.4) is 0 Å². The lowest BCUT2D eigenvalue weighted by Crippen LogP contribution is -2.21. The van der Waals surface area contributed by atoms with E-state index in [1.807, 2.05) is 30.3 Å². The zero-order valence-electron chi connectivity index (χ0n) is 16.4. The predicted molar refractivity (Wildman–Crippen MR) is 117 cm³/mol. The van der Waals surface area contributed by atoms with Gasteiger partial charge in [0, 0.05) is 37.3 Å². The molecule has 0 N–H and O–H groups in total. The molecule has 0 saturated carbocycles. The molecule has 2 rings (SSSR count). The number of unbranched alkanes of at least 4 members (excludes halogenated alkanes) is 1. The second-order valence-corrected chi connectivity index (χ2v) is 7.52. The van der Waals surface area contributed by atoms with Gasteiger partial charge in [-0.05, 0) is 30.7 Å². The second-order valence-electron chi connectivity index (χ2n) is 6.35. The van der Waals surface area contributed by atoms with Gasteiger partial charge in [0.25, 0.3) is 6.43 Å². The van der Waals surface area contributed by atoms with Crippen molar-refractivity contribution in [2.24, 2.45) is 5.10 Å². The van der Waals surface area contributed by atoms with Crippen LogP contribution in [0.25, 0.3) is 5.70 Å². The third kappa shape index (κ3) is 5.76. The summed E-state index contributed by atoms with van der Waals surface area (Å²) in [7, 11) is 1.47. The predicted octanol–water partition coefficient (Wildman–Crippen LogP) is 6.26. The first-order valence-electron chi connectivity index (χ1n) is 9.27. The first-order valence-corrected chi connectivity index (χ1v) is 10.1. The van der Waals surface area contributed by atoms with E-state index in [0.29, 0.717) is 6.42 Å². The van der Waals surface area contributed by atoms with Gasteiger partial charge < -0.3 is 4.90 Å². The number of halogens is 2. The van der Waals surface area contributed by atoms with Crippen molar-refractivity contribution in [3.05, 3.63) is 70.6 Å². The molecule has 0 amide bonds. The molecule has 1 aromatic carbocycles. The van der Waals surface area contributed by atoms with Gasteiger partial charge in [0.1, 0.15) is 0 Å². The molecule has 0 radical (unpaired) electrons. The highest BCUT2D eigenvalue weighted by molar-refractivity contribution is 7.13. The highest BCUT2D eigenvalue weighted by Crippen LogP contribution is 2.30. The molecular weight excluding hydrogens is 376 g/mol. The van der Waals surface area contributed by atoms with Crippen LogP contribution in [0.4, 0.5) is 14.5 Å². The summed E-state index contributed by atoms with van der Waals surface area (Å²) in [6.45, 7) is 10.7. The van der Waals surface area contributed by atoms with E-state index in [4.69, 9.17) is 0 Å². The summed E-state index contributed by atoms with van der Waals surface area (Å²) in [6, 6.07) is 14.2. The van der Waals surface area contributed by atoms with Gasteiger partial charge in [-0.25, -0.2) is 8.78 Å².